The molecule has 1 fully saturated rings. The van der Waals surface area contributed by atoms with Crippen molar-refractivity contribution < 1.29 is 4.79 Å². The molecular formula is C15H15N7O. The molecule has 8 heteroatoms. The number of nitrogens with one attached hydrogen (secondary N) is 2. The third-order valence-electron chi connectivity index (χ3n) is 3.90. The minimum atomic E-state index is -0.220. The third-order valence-corrected chi connectivity index (χ3v) is 3.90. The summed E-state index contributed by atoms with van der Waals surface area (Å²) in [6, 6.07) is 7.39. The van der Waals surface area contributed by atoms with Gasteiger partial charge < -0.3 is 5.32 Å². The standard InChI is InChI=1S/C15H15N7O/c1-9-6-11(4-5-14(9)22-8-16-20-21-22)17-15(23)13-7-12(18-19-13)10-2-3-10/h4-8,10H,2-3H2,1H3,(H,17,23)(H,18,19). The summed E-state index contributed by atoms with van der Waals surface area (Å²) < 4.78 is 1.58. The first-order valence-corrected chi connectivity index (χ1v) is 7.41. The number of hydrogen-bond donors (Lipinski definition) is 2. The molecule has 0 unspecified atom stereocenters. The van der Waals surface area contributed by atoms with Crippen molar-refractivity contribution in [2.45, 2.75) is 25.7 Å². The zero-order valence-corrected chi connectivity index (χ0v) is 12.5. The van der Waals surface area contributed by atoms with E-state index in [0.29, 0.717) is 17.3 Å². The van der Waals surface area contributed by atoms with Crippen LogP contribution in [0.1, 0.15) is 40.5 Å². The number of tetrazole rings is 1. The molecule has 2 N–H and O–H groups in total. The largest absolute Gasteiger partial charge is 0.321 e. The lowest BCUT2D eigenvalue weighted by molar-refractivity contribution is 0.102. The quantitative estimate of drug-likeness (QED) is 0.765. The summed E-state index contributed by atoms with van der Waals surface area (Å²) in [5.41, 5.74) is 3.98. The van der Waals surface area contributed by atoms with Gasteiger partial charge in [-0.3, -0.25) is 9.89 Å². The molecule has 0 saturated heterocycles. The van der Waals surface area contributed by atoms with Crippen LogP contribution < -0.4 is 5.32 Å². The highest BCUT2D eigenvalue weighted by molar-refractivity contribution is 6.03. The monoisotopic (exact) mass is 309 g/mol. The van der Waals surface area contributed by atoms with E-state index in [4.69, 9.17) is 0 Å². The molecule has 1 amide bonds. The second-order valence-electron chi connectivity index (χ2n) is 5.69. The van der Waals surface area contributed by atoms with E-state index in [2.05, 4.69) is 31.0 Å². The SMILES string of the molecule is Cc1cc(NC(=O)c2cc(C3CC3)[nH]n2)ccc1-n1cnnn1. The number of amides is 1. The average molecular weight is 309 g/mol. The minimum absolute atomic E-state index is 0.220. The maximum absolute atomic E-state index is 12.3. The molecule has 3 aromatic rings. The molecule has 0 aliphatic heterocycles. The Morgan fingerprint density at radius 1 is 1.35 bits per heavy atom. The number of aromatic amines is 1. The Hall–Kier alpha value is -3.03. The average Bonchev–Trinajstić information content (AvgIpc) is 3.04. The smallest absolute Gasteiger partial charge is 0.276 e. The van der Waals surface area contributed by atoms with E-state index in [0.717, 1.165) is 16.9 Å². The fraction of sp³-hybridized carbons (Fsp3) is 0.267. The van der Waals surface area contributed by atoms with Crippen molar-refractivity contribution >= 4 is 11.6 Å². The zero-order valence-electron chi connectivity index (χ0n) is 12.5. The third kappa shape index (κ3) is 2.70. The van der Waals surface area contributed by atoms with Crippen LogP contribution in [0.15, 0.2) is 30.6 Å². The van der Waals surface area contributed by atoms with Crippen LogP contribution >= 0.6 is 0 Å². The van der Waals surface area contributed by atoms with Gasteiger partial charge >= 0.3 is 0 Å². The maximum Gasteiger partial charge on any atom is 0.276 e. The Kier molecular flexibility index (Phi) is 3.14. The molecule has 0 radical (unpaired) electrons. The fourth-order valence-electron chi connectivity index (χ4n) is 2.51. The van der Waals surface area contributed by atoms with Crippen molar-refractivity contribution in [2.75, 3.05) is 5.32 Å². The molecule has 116 valence electrons. The van der Waals surface area contributed by atoms with Gasteiger partial charge in [-0.15, -0.1) is 5.10 Å². The Morgan fingerprint density at radius 2 is 2.22 bits per heavy atom. The molecule has 2 aromatic heterocycles. The predicted octanol–water partition coefficient (Wildman–Crippen LogP) is 1.82. The van der Waals surface area contributed by atoms with Gasteiger partial charge in [0.1, 0.15) is 6.33 Å². The van der Waals surface area contributed by atoms with Crippen LogP contribution in [0.25, 0.3) is 5.69 Å². The van der Waals surface area contributed by atoms with E-state index >= 15 is 0 Å². The van der Waals surface area contributed by atoms with Crippen LogP contribution in [0.3, 0.4) is 0 Å². The first kappa shape index (κ1) is 13.6. The molecule has 1 saturated carbocycles. The van der Waals surface area contributed by atoms with Crippen LogP contribution in [0.5, 0.6) is 0 Å². The topological polar surface area (TPSA) is 101 Å². The molecule has 1 aliphatic rings. The second kappa shape index (κ2) is 5.31. The van der Waals surface area contributed by atoms with Gasteiger partial charge in [0.05, 0.1) is 5.69 Å². The molecule has 1 aromatic carbocycles. The lowest BCUT2D eigenvalue weighted by atomic mass is 10.1. The summed E-state index contributed by atoms with van der Waals surface area (Å²) in [5, 5.41) is 21.0. The summed E-state index contributed by atoms with van der Waals surface area (Å²) in [5.74, 6) is 0.324. The van der Waals surface area contributed by atoms with Crippen molar-refractivity contribution in [1.82, 2.24) is 30.4 Å². The summed E-state index contributed by atoms with van der Waals surface area (Å²) in [6.07, 6.45) is 3.87. The van der Waals surface area contributed by atoms with Gasteiger partial charge in [-0.05, 0) is 60.0 Å². The molecular weight excluding hydrogens is 294 g/mol. The van der Waals surface area contributed by atoms with Gasteiger partial charge in [0.15, 0.2) is 5.69 Å². The Morgan fingerprint density at radius 3 is 2.91 bits per heavy atom. The maximum atomic E-state index is 12.3. The minimum Gasteiger partial charge on any atom is -0.321 e. The number of aryl methyl sites for hydroxylation is 1. The number of rotatable bonds is 4. The van der Waals surface area contributed by atoms with Crippen molar-refractivity contribution in [3.63, 3.8) is 0 Å². The molecule has 23 heavy (non-hydrogen) atoms. The van der Waals surface area contributed by atoms with Gasteiger partial charge in [0.25, 0.3) is 5.91 Å². The van der Waals surface area contributed by atoms with E-state index in [1.54, 1.807) is 4.68 Å². The van der Waals surface area contributed by atoms with Gasteiger partial charge in [-0.2, -0.15) is 5.10 Å². The summed E-state index contributed by atoms with van der Waals surface area (Å²) in [4.78, 5) is 12.3. The zero-order chi connectivity index (χ0) is 15.8. The normalized spacial score (nSPS) is 14.0. The second-order valence-corrected chi connectivity index (χ2v) is 5.69. The molecule has 0 bridgehead atoms. The van der Waals surface area contributed by atoms with Crippen LogP contribution in [0, 0.1) is 6.92 Å². The molecule has 2 heterocycles. The van der Waals surface area contributed by atoms with Crippen LogP contribution in [-0.2, 0) is 0 Å². The van der Waals surface area contributed by atoms with Gasteiger partial charge in [0, 0.05) is 17.3 Å². The van der Waals surface area contributed by atoms with Gasteiger partial charge in [-0.1, -0.05) is 0 Å². The molecule has 0 spiro atoms. The van der Waals surface area contributed by atoms with E-state index in [9.17, 15) is 4.79 Å². The van der Waals surface area contributed by atoms with Gasteiger partial charge in [-0.25, -0.2) is 4.68 Å². The lowest BCUT2D eigenvalue weighted by Crippen LogP contribution is -2.12. The number of hydrogen-bond acceptors (Lipinski definition) is 5. The van der Waals surface area contributed by atoms with Crippen molar-refractivity contribution in [1.29, 1.82) is 0 Å². The lowest BCUT2D eigenvalue weighted by Gasteiger charge is -2.08. The number of carbonyl (C=O) groups is 1. The molecule has 1 aliphatic carbocycles. The first-order valence-electron chi connectivity index (χ1n) is 7.41. The first-order chi connectivity index (χ1) is 11.2. The van der Waals surface area contributed by atoms with E-state index < -0.39 is 0 Å². The Balaban J connectivity index is 1.51. The number of aromatic nitrogens is 6. The van der Waals surface area contributed by atoms with E-state index in [1.165, 1.54) is 19.2 Å². The number of anilines is 1. The number of H-pyrrole nitrogens is 1. The number of benzene rings is 1. The van der Waals surface area contributed by atoms with E-state index in [1.807, 2.05) is 31.2 Å². The van der Waals surface area contributed by atoms with Crippen LogP contribution in [0.2, 0.25) is 0 Å². The summed E-state index contributed by atoms with van der Waals surface area (Å²) >= 11 is 0. The molecule has 4 rings (SSSR count). The highest BCUT2D eigenvalue weighted by Crippen LogP contribution is 2.39. The number of carbonyl (C=O) groups excluding carboxylic acids is 1. The summed E-state index contributed by atoms with van der Waals surface area (Å²) in [6.45, 7) is 1.94. The van der Waals surface area contributed by atoms with Crippen molar-refractivity contribution in [2.24, 2.45) is 0 Å². The van der Waals surface area contributed by atoms with Crippen molar-refractivity contribution in [3.05, 3.63) is 47.5 Å². The van der Waals surface area contributed by atoms with Crippen LogP contribution in [0.4, 0.5) is 5.69 Å². The van der Waals surface area contributed by atoms with Crippen molar-refractivity contribution in [3.8, 4) is 5.69 Å². The Labute approximate surface area is 131 Å². The van der Waals surface area contributed by atoms with Crippen LogP contribution in [-0.4, -0.2) is 36.3 Å². The highest BCUT2D eigenvalue weighted by atomic mass is 16.1. The highest BCUT2D eigenvalue weighted by Gasteiger charge is 2.26. The van der Waals surface area contributed by atoms with Gasteiger partial charge in [0.2, 0.25) is 0 Å². The molecule has 0 atom stereocenters. The predicted molar refractivity (Wildman–Crippen MR) is 82.4 cm³/mol. The number of nitrogens with zero attached hydrogens (tertiary/aromatic N) is 5. The Bertz CT molecular complexity index is 849. The van der Waals surface area contributed by atoms with E-state index in [-0.39, 0.29) is 5.91 Å². The fourth-order valence-corrected chi connectivity index (χ4v) is 2.51. The summed E-state index contributed by atoms with van der Waals surface area (Å²) in [7, 11) is 0. The molecule has 8 nitrogen and oxygen atoms in total.